The van der Waals surface area contributed by atoms with Crippen LogP contribution in [0.15, 0.2) is 24.3 Å². The van der Waals surface area contributed by atoms with Gasteiger partial charge in [0.2, 0.25) is 0 Å². The van der Waals surface area contributed by atoms with E-state index >= 15 is 0 Å². The van der Waals surface area contributed by atoms with Crippen LogP contribution < -0.4 is 10.1 Å². The van der Waals surface area contributed by atoms with Gasteiger partial charge in [-0.25, -0.2) is 0 Å². The average molecular weight is 261 g/mol. The molecule has 2 rings (SSSR count). The molecule has 0 radical (unpaired) electrons. The normalized spacial score (nSPS) is 23.9. The Balaban J connectivity index is 2.05. The van der Waals surface area contributed by atoms with Gasteiger partial charge in [0.15, 0.2) is 0 Å². The van der Waals surface area contributed by atoms with Crippen molar-refractivity contribution in [2.24, 2.45) is 5.41 Å². The van der Waals surface area contributed by atoms with Gasteiger partial charge in [0, 0.05) is 12.1 Å². The fourth-order valence-corrected chi connectivity index (χ4v) is 3.11. The van der Waals surface area contributed by atoms with E-state index in [-0.39, 0.29) is 0 Å². The molecule has 0 aliphatic heterocycles. The van der Waals surface area contributed by atoms with Gasteiger partial charge in [-0.2, -0.15) is 0 Å². The quantitative estimate of drug-likeness (QED) is 0.871. The molecule has 1 fully saturated rings. The summed E-state index contributed by atoms with van der Waals surface area (Å²) in [7, 11) is 1.72. The van der Waals surface area contributed by atoms with E-state index in [4.69, 9.17) is 4.74 Å². The van der Waals surface area contributed by atoms with Crippen LogP contribution in [0.3, 0.4) is 0 Å². The van der Waals surface area contributed by atoms with Crippen LogP contribution in [0.2, 0.25) is 0 Å². The molecule has 0 heterocycles. The third-order valence-electron chi connectivity index (χ3n) is 4.55. The summed E-state index contributed by atoms with van der Waals surface area (Å²) < 4.78 is 5.31. The van der Waals surface area contributed by atoms with E-state index in [0.29, 0.717) is 17.5 Å². The Kier molecular flexibility index (Phi) is 4.51. The molecule has 0 saturated heterocycles. The van der Waals surface area contributed by atoms with E-state index in [9.17, 15) is 0 Å². The van der Waals surface area contributed by atoms with E-state index in [2.05, 4.69) is 44.3 Å². The maximum atomic E-state index is 5.31. The molecular formula is C17H27NO. The predicted octanol–water partition coefficient (Wildman–Crippen LogP) is 4.31. The molecule has 1 aromatic carbocycles. The Morgan fingerprint density at radius 2 is 2.11 bits per heavy atom. The van der Waals surface area contributed by atoms with Crippen LogP contribution in [0.4, 0.5) is 0 Å². The second-order valence-corrected chi connectivity index (χ2v) is 6.45. The highest BCUT2D eigenvalue weighted by atomic mass is 16.5. The zero-order valence-corrected chi connectivity index (χ0v) is 12.7. The highest BCUT2D eigenvalue weighted by molar-refractivity contribution is 5.30. The molecule has 1 aromatic rings. The van der Waals surface area contributed by atoms with Gasteiger partial charge in [-0.15, -0.1) is 0 Å². The fraction of sp³-hybridized carbons (Fsp3) is 0.647. The van der Waals surface area contributed by atoms with Crippen LogP contribution in [0.1, 0.15) is 58.1 Å². The Hall–Kier alpha value is -1.02. The molecular weight excluding hydrogens is 234 g/mol. The summed E-state index contributed by atoms with van der Waals surface area (Å²) in [5, 5.41) is 3.82. The van der Waals surface area contributed by atoms with E-state index in [1.807, 2.05) is 6.07 Å². The van der Waals surface area contributed by atoms with Gasteiger partial charge in [0.25, 0.3) is 0 Å². The molecule has 1 unspecified atom stereocenters. The highest BCUT2D eigenvalue weighted by Gasteiger charge is 2.32. The Labute approximate surface area is 117 Å². The maximum Gasteiger partial charge on any atom is 0.119 e. The van der Waals surface area contributed by atoms with Gasteiger partial charge < -0.3 is 10.1 Å². The molecule has 2 atom stereocenters. The van der Waals surface area contributed by atoms with Crippen molar-refractivity contribution >= 4 is 0 Å². The monoisotopic (exact) mass is 261 g/mol. The first kappa shape index (κ1) is 14.4. The second-order valence-electron chi connectivity index (χ2n) is 6.45. The number of hydrogen-bond acceptors (Lipinski definition) is 2. The molecule has 0 spiro atoms. The fourth-order valence-electron chi connectivity index (χ4n) is 3.11. The van der Waals surface area contributed by atoms with Gasteiger partial charge in [-0.1, -0.05) is 38.8 Å². The van der Waals surface area contributed by atoms with E-state index in [1.165, 1.54) is 31.2 Å². The lowest BCUT2D eigenvalue weighted by Gasteiger charge is -2.41. The van der Waals surface area contributed by atoms with Gasteiger partial charge in [-0.05, 0) is 42.9 Å². The zero-order valence-electron chi connectivity index (χ0n) is 12.7. The zero-order chi connectivity index (χ0) is 13.9. The SMILES string of the molecule is COc1cccc([C@@H](C)NC2CCCCC2(C)C)c1. The molecule has 19 heavy (non-hydrogen) atoms. The largest absolute Gasteiger partial charge is 0.497 e. The van der Waals surface area contributed by atoms with Crippen molar-refractivity contribution in [3.63, 3.8) is 0 Å². The molecule has 0 amide bonds. The highest BCUT2D eigenvalue weighted by Crippen LogP contribution is 2.36. The van der Waals surface area contributed by atoms with E-state index < -0.39 is 0 Å². The number of methoxy groups -OCH3 is 1. The topological polar surface area (TPSA) is 21.3 Å². The molecule has 0 aromatic heterocycles. The van der Waals surface area contributed by atoms with Crippen molar-refractivity contribution < 1.29 is 4.74 Å². The molecule has 0 bridgehead atoms. The van der Waals surface area contributed by atoms with Crippen LogP contribution in [-0.4, -0.2) is 13.2 Å². The maximum absolute atomic E-state index is 5.31. The minimum atomic E-state index is 0.373. The molecule has 1 aliphatic carbocycles. The van der Waals surface area contributed by atoms with E-state index in [1.54, 1.807) is 7.11 Å². The third kappa shape index (κ3) is 3.50. The summed E-state index contributed by atoms with van der Waals surface area (Å²) in [6, 6.07) is 9.36. The summed E-state index contributed by atoms with van der Waals surface area (Å²) >= 11 is 0. The number of hydrogen-bond donors (Lipinski definition) is 1. The summed E-state index contributed by atoms with van der Waals surface area (Å²) in [6.07, 6.45) is 5.35. The van der Waals surface area contributed by atoms with Crippen molar-refractivity contribution in [1.82, 2.24) is 5.32 Å². The Bertz CT molecular complexity index is 413. The van der Waals surface area contributed by atoms with Gasteiger partial charge in [-0.3, -0.25) is 0 Å². The summed E-state index contributed by atoms with van der Waals surface area (Å²) in [4.78, 5) is 0. The van der Waals surface area contributed by atoms with Crippen molar-refractivity contribution in [2.75, 3.05) is 7.11 Å². The van der Waals surface area contributed by atoms with Crippen LogP contribution in [0, 0.1) is 5.41 Å². The van der Waals surface area contributed by atoms with Crippen molar-refractivity contribution in [1.29, 1.82) is 0 Å². The predicted molar refractivity (Wildman–Crippen MR) is 80.6 cm³/mol. The smallest absolute Gasteiger partial charge is 0.119 e. The molecule has 2 nitrogen and oxygen atoms in total. The first-order chi connectivity index (χ1) is 9.03. The van der Waals surface area contributed by atoms with Crippen molar-refractivity contribution in [2.45, 2.75) is 58.5 Å². The number of ether oxygens (including phenoxy) is 1. The summed E-state index contributed by atoms with van der Waals surface area (Å²) in [5.41, 5.74) is 1.71. The third-order valence-corrected chi connectivity index (χ3v) is 4.55. The number of rotatable bonds is 4. The lowest BCUT2D eigenvalue weighted by molar-refractivity contribution is 0.157. The Morgan fingerprint density at radius 1 is 1.32 bits per heavy atom. The number of benzene rings is 1. The molecule has 2 heteroatoms. The standard InChI is InChI=1S/C17H27NO/c1-13(14-8-7-9-15(12-14)19-4)18-16-10-5-6-11-17(16,2)3/h7-9,12-13,16,18H,5-6,10-11H2,1-4H3/t13-,16?/m1/s1. The van der Waals surface area contributed by atoms with Crippen LogP contribution in [0.25, 0.3) is 0 Å². The first-order valence-electron chi connectivity index (χ1n) is 7.43. The average Bonchev–Trinajstić information content (AvgIpc) is 2.41. The molecule has 1 aliphatic rings. The van der Waals surface area contributed by atoms with Crippen LogP contribution in [0.5, 0.6) is 5.75 Å². The van der Waals surface area contributed by atoms with Gasteiger partial charge in [0.1, 0.15) is 5.75 Å². The molecule has 106 valence electrons. The first-order valence-corrected chi connectivity index (χ1v) is 7.43. The van der Waals surface area contributed by atoms with Gasteiger partial charge in [0.05, 0.1) is 7.11 Å². The minimum absolute atomic E-state index is 0.373. The van der Waals surface area contributed by atoms with E-state index in [0.717, 1.165) is 5.75 Å². The van der Waals surface area contributed by atoms with Crippen molar-refractivity contribution in [3.8, 4) is 5.75 Å². The lowest BCUT2D eigenvalue weighted by atomic mass is 9.73. The lowest BCUT2D eigenvalue weighted by Crippen LogP contribution is -2.45. The summed E-state index contributed by atoms with van der Waals surface area (Å²) in [6.45, 7) is 7.03. The van der Waals surface area contributed by atoms with Crippen LogP contribution >= 0.6 is 0 Å². The van der Waals surface area contributed by atoms with Crippen molar-refractivity contribution in [3.05, 3.63) is 29.8 Å². The Morgan fingerprint density at radius 3 is 2.79 bits per heavy atom. The van der Waals surface area contributed by atoms with Gasteiger partial charge >= 0.3 is 0 Å². The second kappa shape index (κ2) is 5.96. The summed E-state index contributed by atoms with van der Waals surface area (Å²) in [5.74, 6) is 0.939. The minimum Gasteiger partial charge on any atom is -0.497 e. The van der Waals surface area contributed by atoms with Crippen LogP contribution in [-0.2, 0) is 0 Å². The number of nitrogens with one attached hydrogen (secondary N) is 1. The molecule has 1 N–H and O–H groups in total. The molecule has 1 saturated carbocycles.